The van der Waals surface area contributed by atoms with Crippen LogP contribution in [0.4, 0.5) is 0 Å². The molecule has 1 rings (SSSR count). The number of rotatable bonds is 9. The Balaban J connectivity index is 2.50. The molecule has 0 spiro atoms. The number of esters is 1. The van der Waals surface area contributed by atoms with Crippen molar-refractivity contribution in [3.05, 3.63) is 42.0 Å². The molecule has 0 fully saturated rings. The lowest BCUT2D eigenvalue weighted by molar-refractivity contribution is -0.163. The van der Waals surface area contributed by atoms with Crippen molar-refractivity contribution < 1.29 is 19.4 Å². The van der Waals surface area contributed by atoms with Gasteiger partial charge in [0.2, 0.25) is 6.29 Å². The van der Waals surface area contributed by atoms with Gasteiger partial charge in [-0.2, -0.15) is 0 Å². The van der Waals surface area contributed by atoms with E-state index in [1.807, 2.05) is 24.3 Å². The number of para-hydroxylation sites is 1. The van der Waals surface area contributed by atoms with Crippen LogP contribution < -0.4 is 4.74 Å². The second-order valence-electron chi connectivity index (χ2n) is 4.99. The molecule has 0 bridgehead atoms. The number of unbranched alkanes of at least 4 members (excludes halogenated alkanes) is 1. The lowest BCUT2D eigenvalue weighted by Crippen LogP contribution is -2.18. The van der Waals surface area contributed by atoms with Gasteiger partial charge in [0.1, 0.15) is 5.75 Å². The van der Waals surface area contributed by atoms with Gasteiger partial charge in [0.15, 0.2) is 0 Å². The van der Waals surface area contributed by atoms with E-state index in [-0.39, 0.29) is 5.57 Å². The summed E-state index contributed by atoms with van der Waals surface area (Å²) in [6, 6.07) is 7.71. The highest BCUT2D eigenvalue weighted by atomic mass is 16.6. The molecule has 116 valence electrons. The molecule has 0 aliphatic rings. The van der Waals surface area contributed by atoms with E-state index in [0.717, 1.165) is 24.2 Å². The molecule has 0 aliphatic carbocycles. The van der Waals surface area contributed by atoms with Gasteiger partial charge in [0.25, 0.3) is 0 Å². The summed E-state index contributed by atoms with van der Waals surface area (Å²) in [6.07, 6.45) is 1.86. The van der Waals surface area contributed by atoms with Gasteiger partial charge < -0.3 is 14.6 Å². The monoisotopic (exact) mass is 292 g/mol. The lowest BCUT2D eigenvalue weighted by Gasteiger charge is -2.14. The molecule has 0 aromatic heterocycles. The van der Waals surface area contributed by atoms with Crippen molar-refractivity contribution >= 4 is 5.97 Å². The number of carbonyl (C=O) groups excluding carboxylic acids is 1. The Bertz CT molecular complexity index is 468. The molecule has 1 atom stereocenters. The van der Waals surface area contributed by atoms with Gasteiger partial charge in [-0.3, -0.25) is 0 Å². The molecule has 0 saturated carbocycles. The quantitative estimate of drug-likeness (QED) is 0.328. The van der Waals surface area contributed by atoms with Gasteiger partial charge in [0.05, 0.1) is 6.61 Å². The summed E-state index contributed by atoms with van der Waals surface area (Å²) >= 11 is 0. The molecule has 0 heterocycles. The van der Waals surface area contributed by atoms with Crippen molar-refractivity contribution in [1.82, 2.24) is 0 Å². The minimum absolute atomic E-state index is 0.275. The first-order valence-corrected chi connectivity index (χ1v) is 7.29. The third-order valence-corrected chi connectivity index (χ3v) is 2.98. The summed E-state index contributed by atoms with van der Waals surface area (Å²) in [5.74, 6) is 0.249. The van der Waals surface area contributed by atoms with E-state index in [0.29, 0.717) is 19.4 Å². The van der Waals surface area contributed by atoms with E-state index in [4.69, 9.17) is 9.47 Å². The maximum atomic E-state index is 11.3. The second-order valence-corrected chi connectivity index (χ2v) is 4.99. The Morgan fingerprint density at radius 1 is 1.38 bits per heavy atom. The first-order valence-electron chi connectivity index (χ1n) is 7.29. The largest absolute Gasteiger partial charge is 0.493 e. The zero-order valence-corrected chi connectivity index (χ0v) is 12.8. The van der Waals surface area contributed by atoms with E-state index in [9.17, 15) is 9.90 Å². The number of hydrogen-bond acceptors (Lipinski definition) is 4. The average molecular weight is 292 g/mol. The number of benzene rings is 1. The van der Waals surface area contributed by atoms with E-state index in [1.165, 1.54) is 0 Å². The zero-order valence-electron chi connectivity index (χ0n) is 12.8. The molecule has 1 aromatic rings. The smallest absolute Gasteiger partial charge is 0.335 e. The first kappa shape index (κ1) is 17.2. The van der Waals surface area contributed by atoms with Gasteiger partial charge in [0, 0.05) is 12.0 Å². The molecule has 0 radical (unpaired) electrons. The summed E-state index contributed by atoms with van der Waals surface area (Å²) in [4.78, 5) is 11.3. The SMILES string of the molecule is C=C(C)C(=O)OC(O)CCc1ccccc1OCCCC. The number of hydrogen-bond donors (Lipinski definition) is 1. The fourth-order valence-corrected chi connectivity index (χ4v) is 1.74. The third kappa shape index (κ3) is 6.45. The van der Waals surface area contributed by atoms with Crippen molar-refractivity contribution in [2.24, 2.45) is 0 Å². The van der Waals surface area contributed by atoms with Crippen LogP contribution in [-0.2, 0) is 16.0 Å². The van der Waals surface area contributed by atoms with E-state index >= 15 is 0 Å². The van der Waals surface area contributed by atoms with Gasteiger partial charge in [-0.15, -0.1) is 0 Å². The van der Waals surface area contributed by atoms with Crippen LogP contribution in [0.3, 0.4) is 0 Å². The molecule has 4 heteroatoms. The minimum Gasteiger partial charge on any atom is -0.493 e. The third-order valence-electron chi connectivity index (χ3n) is 2.98. The molecule has 21 heavy (non-hydrogen) atoms. The molecular weight excluding hydrogens is 268 g/mol. The van der Waals surface area contributed by atoms with Crippen LogP contribution in [0.1, 0.15) is 38.7 Å². The fraction of sp³-hybridized carbons (Fsp3) is 0.471. The van der Waals surface area contributed by atoms with E-state index in [2.05, 4.69) is 13.5 Å². The van der Waals surface area contributed by atoms with Crippen LogP contribution in [0.2, 0.25) is 0 Å². The van der Waals surface area contributed by atoms with Gasteiger partial charge in [-0.05, 0) is 31.4 Å². The summed E-state index contributed by atoms with van der Waals surface area (Å²) in [5, 5.41) is 9.71. The van der Waals surface area contributed by atoms with Gasteiger partial charge in [-0.25, -0.2) is 4.79 Å². The molecule has 0 amide bonds. The standard InChI is InChI=1S/C17H24O4/c1-4-5-12-20-15-9-7-6-8-14(15)10-11-16(18)21-17(19)13(2)3/h6-9,16,18H,2,4-5,10-12H2,1,3H3. The van der Waals surface area contributed by atoms with Gasteiger partial charge >= 0.3 is 5.97 Å². The Morgan fingerprint density at radius 2 is 2.10 bits per heavy atom. The van der Waals surface area contributed by atoms with Crippen LogP contribution in [0.25, 0.3) is 0 Å². The zero-order chi connectivity index (χ0) is 15.7. The molecule has 4 nitrogen and oxygen atoms in total. The predicted molar refractivity (Wildman–Crippen MR) is 82.1 cm³/mol. The van der Waals surface area contributed by atoms with E-state index < -0.39 is 12.3 Å². The number of ether oxygens (including phenoxy) is 2. The number of aliphatic hydroxyl groups excluding tert-OH is 1. The highest BCUT2D eigenvalue weighted by Gasteiger charge is 2.13. The van der Waals surface area contributed by atoms with Crippen molar-refractivity contribution in [1.29, 1.82) is 0 Å². The van der Waals surface area contributed by atoms with Crippen LogP contribution in [0, 0.1) is 0 Å². The maximum Gasteiger partial charge on any atom is 0.335 e. The Labute approximate surface area is 126 Å². The number of carbonyl (C=O) groups is 1. The van der Waals surface area contributed by atoms with Crippen LogP contribution in [-0.4, -0.2) is 24.0 Å². The topological polar surface area (TPSA) is 55.8 Å². The summed E-state index contributed by atoms with van der Waals surface area (Å²) < 4.78 is 10.6. The average Bonchev–Trinajstić information content (AvgIpc) is 2.46. The lowest BCUT2D eigenvalue weighted by atomic mass is 10.1. The highest BCUT2D eigenvalue weighted by molar-refractivity contribution is 5.86. The van der Waals surface area contributed by atoms with Gasteiger partial charge in [-0.1, -0.05) is 38.1 Å². The fourth-order valence-electron chi connectivity index (χ4n) is 1.74. The van der Waals surface area contributed by atoms with Crippen LogP contribution in [0.5, 0.6) is 5.75 Å². The number of aryl methyl sites for hydroxylation is 1. The predicted octanol–water partition coefficient (Wildman–Crippen LogP) is 3.24. The summed E-state index contributed by atoms with van der Waals surface area (Å²) in [5.41, 5.74) is 1.27. The molecular formula is C17H24O4. The molecule has 1 aromatic carbocycles. The van der Waals surface area contributed by atoms with Crippen molar-refractivity contribution in [2.45, 2.75) is 45.8 Å². The van der Waals surface area contributed by atoms with Crippen molar-refractivity contribution in [2.75, 3.05) is 6.61 Å². The minimum atomic E-state index is -1.13. The van der Waals surface area contributed by atoms with Crippen molar-refractivity contribution in [3.63, 3.8) is 0 Å². The molecule has 0 aliphatic heterocycles. The highest BCUT2D eigenvalue weighted by Crippen LogP contribution is 2.20. The van der Waals surface area contributed by atoms with Crippen LogP contribution in [0.15, 0.2) is 36.4 Å². The maximum absolute atomic E-state index is 11.3. The second kappa shape index (κ2) is 9.19. The summed E-state index contributed by atoms with van der Waals surface area (Å²) in [6.45, 7) is 7.82. The Morgan fingerprint density at radius 3 is 2.76 bits per heavy atom. The van der Waals surface area contributed by atoms with Crippen LogP contribution >= 0.6 is 0 Å². The Kier molecular flexibility index (Phi) is 7.54. The van der Waals surface area contributed by atoms with Crippen molar-refractivity contribution in [3.8, 4) is 5.75 Å². The molecule has 1 unspecified atom stereocenters. The summed E-state index contributed by atoms with van der Waals surface area (Å²) in [7, 11) is 0. The molecule has 1 N–H and O–H groups in total. The first-order chi connectivity index (χ1) is 10.0. The van der Waals surface area contributed by atoms with E-state index in [1.54, 1.807) is 6.92 Å². The molecule has 0 saturated heterocycles. The number of aliphatic hydroxyl groups is 1. The Hall–Kier alpha value is -1.81. The normalized spacial score (nSPS) is 11.8.